The smallest absolute Gasteiger partial charge is 0.277 e. The van der Waals surface area contributed by atoms with E-state index < -0.39 is 5.91 Å². The number of nitrogens with zero attached hydrogens (tertiary/aromatic N) is 2. The van der Waals surface area contributed by atoms with Crippen molar-refractivity contribution in [1.82, 2.24) is 9.97 Å². The maximum Gasteiger partial charge on any atom is 0.277 e. The number of anilines is 1. The van der Waals surface area contributed by atoms with Gasteiger partial charge in [0.2, 0.25) is 0 Å². The molecule has 0 aliphatic heterocycles. The number of thiazole rings is 1. The van der Waals surface area contributed by atoms with E-state index in [1.165, 1.54) is 23.5 Å². The van der Waals surface area contributed by atoms with Crippen molar-refractivity contribution < 1.29 is 9.53 Å². The Morgan fingerprint density at radius 3 is 2.82 bits per heavy atom. The van der Waals surface area contributed by atoms with E-state index in [-0.39, 0.29) is 15.9 Å². The van der Waals surface area contributed by atoms with E-state index in [0.29, 0.717) is 5.13 Å². The van der Waals surface area contributed by atoms with Crippen molar-refractivity contribution in [3.05, 3.63) is 46.2 Å². The van der Waals surface area contributed by atoms with Crippen LogP contribution in [0.4, 0.5) is 5.13 Å². The summed E-state index contributed by atoms with van der Waals surface area (Å²) in [7, 11) is 1.59. The van der Waals surface area contributed by atoms with Gasteiger partial charge < -0.3 is 4.74 Å². The molecule has 0 spiro atoms. The second-order valence-corrected chi connectivity index (χ2v) is 6.10. The molecule has 3 aromatic rings. The molecule has 0 radical (unpaired) electrons. The average Bonchev–Trinajstić information content (AvgIpc) is 2.90. The predicted molar refractivity (Wildman–Crippen MR) is 88.4 cm³/mol. The molecule has 22 heavy (non-hydrogen) atoms. The molecule has 3 rings (SSSR count). The molecule has 8 heteroatoms. The molecule has 0 aliphatic carbocycles. The topological polar surface area (TPSA) is 64.1 Å². The first kappa shape index (κ1) is 15.0. The van der Waals surface area contributed by atoms with Crippen molar-refractivity contribution in [2.24, 2.45) is 0 Å². The zero-order chi connectivity index (χ0) is 15.7. The van der Waals surface area contributed by atoms with E-state index in [0.717, 1.165) is 16.0 Å². The maximum atomic E-state index is 12.2. The zero-order valence-electron chi connectivity index (χ0n) is 11.3. The third-order valence-corrected chi connectivity index (χ3v) is 4.29. The van der Waals surface area contributed by atoms with Crippen LogP contribution in [0.3, 0.4) is 0 Å². The molecule has 0 saturated heterocycles. The van der Waals surface area contributed by atoms with Crippen LogP contribution in [0.1, 0.15) is 10.5 Å². The SMILES string of the molecule is COc1ccc2nc(NC(=O)c3nc(Cl)ccc3Cl)sc2c1. The van der Waals surface area contributed by atoms with Crippen molar-refractivity contribution in [3.63, 3.8) is 0 Å². The average molecular weight is 354 g/mol. The summed E-state index contributed by atoms with van der Waals surface area (Å²) in [5, 5.41) is 3.55. The molecule has 0 fully saturated rings. The molecule has 2 heterocycles. The summed E-state index contributed by atoms with van der Waals surface area (Å²) in [6, 6.07) is 8.53. The van der Waals surface area contributed by atoms with Gasteiger partial charge in [0, 0.05) is 0 Å². The van der Waals surface area contributed by atoms with Crippen molar-refractivity contribution >= 4 is 55.8 Å². The van der Waals surface area contributed by atoms with E-state index >= 15 is 0 Å². The molecular formula is C14H9Cl2N3O2S. The third kappa shape index (κ3) is 2.99. The fourth-order valence-electron chi connectivity index (χ4n) is 1.82. The van der Waals surface area contributed by atoms with Crippen LogP contribution in [0.15, 0.2) is 30.3 Å². The van der Waals surface area contributed by atoms with Gasteiger partial charge in [-0.15, -0.1) is 0 Å². The minimum absolute atomic E-state index is 0.0611. The molecular weight excluding hydrogens is 345 g/mol. The van der Waals surface area contributed by atoms with Crippen LogP contribution in [0.5, 0.6) is 5.75 Å². The number of pyridine rings is 1. The number of nitrogens with one attached hydrogen (secondary N) is 1. The number of aromatic nitrogens is 2. The Bertz CT molecular complexity index is 866. The highest BCUT2D eigenvalue weighted by Gasteiger charge is 2.15. The van der Waals surface area contributed by atoms with Crippen LogP contribution in [-0.2, 0) is 0 Å². The molecule has 0 bridgehead atoms. The van der Waals surface area contributed by atoms with Crippen molar-refractivity contribution in [1.29, 1.82) is 0 Å². The Kier molecular flexibility index (Phi) is 4.15. The van der Waals surface area contributed by atoms with E-state index in [9.17, 15) is 4.79 Å². The summed E-state index contributed by atoms with van der Waals surface area (Å²) < 4.78 is 6.06. The molecule has 1 amide bonds. The van der Waals surface area contributed by atoms with Gasteiger partial charge in [-0.3, -0.25) is 10.1 Å². The highest BCUT2D eigenvalue weighted by molar-refractivity contribution is 7.22. The number of amides is 1. The Hall–Kier alpha value is -1.89. The lowest BCUT2D eigenvalue weighted by molar-refractivity contribution is 0.102. The number of rotatable bonds is 3. The molecule has 0 aliphatic rings. The van der Waals surface area contributed by atoms with E-state index in [1.54, 1.807) is 7.11 Å². The predicted octanol–water partition coefficient (Wildman–Crippen LogP) is 4.26. The Morgan fingerprint density at radius 1 is 1.23 bits per heavy atom. The minimum atomic E-state index is -0.460. The summed E-state index contributed by atoms with van der Waals surface area (Å²) in [5.74, 6) is 0.270. The fourth-order valence-corrected chi connectivity index (χ4v) is 3.05. The number of hydrogen-bond donors (Lipinski definition) is 1. The Balaban J connectivity index is 1.89. The quantitative estimate of drug-likeness (QED) is 0.714. The van der Waals surface area contributed by atoms with E-state index in [4.69, 9.17) is 27.9 Å². The number of carbonyl (C=O) groups excluding carboxylic acids is 1. The lowest BCUT2D eigenvalue weighted by Crippen LogP contribution is -2.14. The molecule has 5 nitrogen and oxygen atoms in total. The molecule has 2 aromatic heterocycles. The van der Waals surface area contributed by atoms with Crippen LogP contribution in [0.2, 0.25) is 10.2 Å². The van der Waals surface area contributed by atoms with Crippen LogP contribution < -0.4 is 10.1 Å². The van der Waals surface area contributed by atoms with Gasteiger partial charge in [0.25, 0.3) is 5.91 Å². The summed E-state index contributed by atoms with van der Waals surface area (Å²) in [6.45, 7) is 0. The highest BCUT2D eigenvalue weighted by atomic mass is 35.5. The van der Waals surface area contributed by atoms with Gasteiger partial charge >= 0.3 is 0 Å². The lowest BCUT2D eigenvalue weighted by atomic mass is 10.3. The van der Waals surface area contributed by atoms with Gasteiger partial charge in [0.05, 0.1) is 22.3 Å². The van der Waals surface area contributed by atoms with Crippen molar-refractivity contribution in [2.45, 2.75) is 0 Å². The lowest BCUT2D eigenvalue weighted by Gasteiger charge is -2.03. The Morgan fingerprint density at radius 2 is 2.05 bits per heavy atom. The third-order valence-electron chi connectivity index (χ3n) is 2.84. The number of hydrogen-bond acceptors (Lipinski definition) is 5. The zero-order valence-corrected chi connectivity index (χ0v) is 13.6. The number of fused-ring (bicyclic) bond motifs is 1. The summed E-state index contributed by atoms with van der Waals surface area (Å²) in [4.78, 5) is 20.5. The number of ether oxygens (including phenoxy) is 1. The second-order valence-electron chi connectivity index (χ2n) is 4.27. The van der Waals surface area contributed by atoms with Gasteiger partial charge in [-0.05, 0) is 30.3 Å². The molecule has 112 valence electrons. The first-order valence-corrected chi connectivity index (χ1v) is 7.72. The fraction of sp³-hybridized carbons (Fsp3) is 0.0714. The maximum absolute atomic E-state index is 12.2. The van der Waals surface area contributed by atoms with Gasteiger partial charge in [-0.2, -0.15) is 0 Å². The normalized spacial score (nSPS) is 10.7. The minimum Gasteiger partial charge on any atom is -0.497 e. The second kappa shape index (κ2) is 6.08. The Labute approximate surface area is 139 Å². The van der Waals surface area contributed by atoms with Gasteiger partial charge in [-0.25, -0.2) is 9.97 Å². The van der Waals surface area contributed by atoms with Crippen molar-refractivity contribution in [2.75, 3.05) is 12.4 Å². The van der Waals surface area contributed by atoms with Crippen LogP contribution in [-0.4, -0.2) is 23.0 Å². The standard InChI is InChI=1S/C14H9Cl2N3O2S/c1-21-7-2-4-9-10(6-7)22-14(17-9)19-13(20)12-8(15)3-5-11(16)18-12/h2-6H,1H3,(H,17,19,20). The highest BCUT2D eigenvalue weighted by Crippen LogP contribution is 2.29. The first-order valence-electron chi connectivity index (χ1n) is 6.15. The molecule has 1 N–H and O–H groups in total. The largest absolute Gasteiger partial charge is 0.497 e. The van der Waals surface area contributed by atoms with Gasteiger partial charge in [0.1, 0.15) is 16.6 Å². The van der Waals surface area contributed by atoms with E-state index in [2.05, 4.69) is 15.3 Å². The summed E-state index contributed by atoms with van der Waals surface area (Å²) in [5.41, 5.74) is 0.831. The van der Waals surface area contributed by atoms with Crippen LogP contribution in [0.25, 0.3) is 10.2 Å². The summed E-state index contributed by atoms with van der Waals surface area (Å²) >= 11 is 13.1. The first-order chi connectivity index (χ1) is 10.6. The number of carbonyl (C=O) groups is 1. The molecule has 0 saturated carbocycles. The number of methoxy groups -OCH3 is 1. The van der Waals surface area contributed by atoms with Crippen LogP contribution >= 0.6 is 34.5 Å². The number of benzene rings is 1. The van der Waals surface area contributed by atoms with E-state index in [1.807, 2.05) is 18.2 Å². The molecule has 0 atom stereocenters. The molecule has 1 aromatic carbocycles. The number of halogens is 2. The summed E-state index contributed by atoms with van der Waals surface area (Å²) in [6.07, 6.45) is 0. The van der Waals surface area contributed by atoms with Crippen molar-refractivity contribution in [3.8, 4) is 5.75 Å². The van der Waals surface area contributed by atoms with Gasteiger partial charge in [0.15, 0.2) is 5.13 Å². The molecule has 0 unspecified atom stereocenters. The monoisotopic (exact) mass is 353 g/mol. The van der Waals surface area contributed by atoms with Crippen LogP contribution in [0, 0.1) is 0 Å². The van der Waals surface area contributed by atoms with Gasteiger partial charge in [-0.1, -0.05) is 34.5 Å².